The van der Waals surface area contributed by atoms with Gasteiger partial charge in [0.2, 0.25) is 0 Å². The molecule has 2 rings (SSSR count). The highest BCUT2D eigenvalue weighted by Crippen LogP contribution is 2.29. The van der Waals surface area contributed by atoms with Crippen molar-refractivity contribution in [2.45, 2.75) is 39.2 Å². The van der Waals surface area contributed by atoms with Crippen molar-refractivity contribution < 1.29 is 9.59 Å². The molecule has 1 heterocycles. The van der Waals surface area contributed by atoms with Crippen LogP contribution < -0.4 is 21.5 Å². The summed E-state index contributed by atoms with van der Waals surface area (Å²) in [4.78, 5) is 27.6. The lowest BCUT2D eigenvalue weighted by Gasteiger charge is -2.35. The summed E-state index contributed by atoms with van der Waals surface area (Å²) in [6.45, 7) is 4.25. The lowest BCUT2D eigenvalue weighted by molar-refractivity contribution is -0.120. The molecule has 1 saturated carbocycles. The number of nitrogens with one attached hydrogen (secondary N) is 4. The van der Waals surface area contributed by atoms with E-state index in [2.05, 4.69) is 40.3 Å². The van der Waals surface area contributed by atoms with Crippen LogP contribution in [0.25, 0.3) is 0 Å². The Kier molecular flexibility index (Phi) is 7.59. The minimum absolute atomic E-state index is 0.149. The lowest BCUT2D eigenvalue weighted by Crippen LogP contribution is -2.53. The van der Waals surface area contributed by atoms with Gasteiger partial charge in [0.1, 0.15) is 5.69 Å². The Morgan fingerprint density at radius 3 is 2.81 bits per heavy atom. The van der Waals surface area contributed by atoms with Gasteiger partial charge >= 0.3 is 0 Å². The summed E-state index contributed by atoms with van der Waals surface area (Å²) in [5, 5.41) is 6.48. The van der Waals surface area contributed by atoms with Crippen molar-refractivity contribution in [1.29, 1.82) is 0 Å². The lowest BCUT2D eigenvalue weighted by atomic mass is 9.78. The zero-order chi connectivity index (χ0) is 19.1. The van der Waals surface area contributed by atoms with E-state index in [0.717, 1.165) is 6.42 Å². The Labute approximate surface area is 163 Å². The van der Waals surface area contributed by atoms with Gasteiger partial charge in [-0.2, -0.15) is 0 Å². The maximum absolute atomic E-state index is 11.9. The predicted octanol–water partition coefficient (Wildman–Crippen LogP) is 1.78. The molecule has 26 heavy (non-hydrogen) atoms. The molecule has 1 fully saturated rings. The van der Waals surface area contributed by atoms with E-state index >= 15 is 0 Å². The van der Waals surface area contributed by atoms with Crippen molar-refractivity contribution >= 4 is 40.7 Å². The Bertz CT molecular complexity index is 672. The van der Waals surface area contributed by atoms with Crippen molar-refractivity contribution in [3.63, 3.8) is 0 Å². The van der Waals surface area contributed by atoms with Crippen molar-refractivity contribution in [3.05, 3.63) is 29.0 Å². The Morgan fingerprint density at radius 2 is 2.08 bits per heavy atom. The summed E-state index contributed by atoms with van der Waals surface area (Å²) >= 11 is 11.0. The van der Waals surface area contributed by atoms with Crippen LogP contribution in [0.1, 0.15) is 43.6 Å². The highest BCUT2D eigenvalue weighted by molar-refractivity contribution is 7.80. The molecule has 9 heteroatoms. The third kappa shape index (κ3) is 6.10. The quantitative estimate of drug-likeness (QED) is 0.457. The maximum atomic E-state index is 11.9. The molecule has 7 nitrogen and oxygen atoms in total. The monoisotopic (exact) mass is 397 g/mol. The molecule has 1 aliphatic rings. The van der Waals surface area contributed by atoms with Crippen LogP contribution in [0.5, 0.6) is 0 Å². The number of thiocarbonyl (C=S) groups is 1. The van der Waals surface area contributed by atoms with Crippen LogP contribution >= 0.6 is 23.8 Å². The fourth-order valence-corrected chi connectivity index (χ4v) is 3.30. The number of hydrazine groups is 1. The molecule has 4 N–H and O–H groups in total. The summed E-state index contributed by atoms with van der Waals surface area (Å²) in [6.07, 6.45) is 4.89. The van der Waals surface area contributed by atoms with E-state index in [9.17, 15) is 9.59 Å². The van der Waals surface area contributed by atoms with Gasteiger partial charge in [0.05, 0.1) is 6.54 Å². The number of amides is 2. The third-order valence-electron chi connectivity index (χ3n) is 4.70. The third-order valence-corrected chi connectivity index (χ3v) is 5.16. The molecule has 0 radical (unpaired) electrons. The molecule has 0 spiro atoms. The van der Waals surface area contributed by atoms with Gasteiger partial charge < -0.3 is 10.6 Å². The number of hydrogen-bond acceptors (Lipinski definition) is 4. The van der Waals surface area contributed by atoms with Crippen LogP contribution in [0.4, 0.5) is 0 Å². The van der Waals surface area contributed by atoms with Crippen LogP contribution in [0, 0.1) is 11.8 Å². The van der Waals surface area contributed by atoms with Gasteiger partial charge in [-0.05, 0) is 42.6 Å². The number of halogens is 1. The number of rotatable bonds is 4. The maximum Gasteiger partial charge on any atom is 0.270 e. The largest absolute Gasteiger partial charge is 0.358 e. The molecular weight excluding hydrogens is 374 g/mol. The summed E-state index contributed by atoms with van der Waals surface area (Å²) in [5.74, 6) is 0.264. The summed E-state index contributed by atoms with van der Waals surface area (Å²) < 4.78 is 0. The normalized spacial score (nSPS) is 22.2. The van der Waals surface area contributed by atoms with E-state index in [1.165, 1.54) is 25.1 Å². The van der Waals surface area contributed by atoms with E-state index in [1.807, 2.05) is 0 Å². The molecule has 0 unspecified atom stereocenters. The standard InChI is InChI=1S/C17H24ClN5O2S/c1-10-4-3-5-13(11(10)2)21-17(26)23-22-15(24)9-20-16(25)14-8-12(18)6-7-19-14/h6-8,10-11,13H,3-5,9H2,1-2H3,(H,20,25)(H,22,24)(H2,21,23,26)/t10-,11-,13-/m1/s1. The first-order valence-corrected chi connectivity index (χ1v) is 9.40. The second-order valence-electron chi connectivity index (χ2n) is 6.56. The van der Waals surface area contributed by atoms with E-state index in [1.54, 1.807) is 6.07 Å². The Morgan fingerprint density at radius 1 is 1.31 bits per heavy atom. The SMILES string of the molecule is C[C@@H]1[C@H](C)CCC[C@H]1NC(=S)NNC(=O)CNC(=O)c1cc(Cl)ccn1. The second kappa shape index (κ2) is 9.68. The number of hydrogen-bond donors (Lipinski definition) is 4. The second-order valence-corrected chi connectivity index (χ2v) is 7.41. The topological polar surface area (TPSA) is 95.1 Å². The zero-order valence-corrected chi connectivity index (χ0v) is 16.4. The van der Waals surface area contributed by atoms with Crippen LogP contribution in [-0.2, 0) is 4.79 Å². The molecule has 0 saturated heterocycles. The zero-order valence-electron chi connectivity index (χ0n) is 14.8. The molecule has 0 aromatic carbocycles. The average molecular weight is 398 g/mol. The van der Waals surface area contributed by atoms with Crippen molar-refractivity contribution in [2.24, 2.45) is 11.8 Å². The number of carbonyl (C=O) groups excluding carboxylic acids is 2. The minimum Gasteiger partial charge on any atom is -0.358 e. The number of nitrogens with zero attached hydrogens (tertiary/aromatic N) is 1. The molecule has 0 bridgehead atoms. The molecule has 3 atom stereocenters. The van der Waals surface area contributed by atoms with E-state index in [4.69, 9.17) is 23.8 Å². The Balaban J connectivity index is 1.69. The first kappa shape index (κ1) is 20.4. The van der Waals surface area contributed by atoms with Crippen LogP contribution in [0.3, 0.4) is 0 Å². The van der Waals surface area contributed by atoms with Crippen molar-refractivity contribution in [2.75, 3.05) is 6.54 Å². The van der Waals surface area contributed by atoms with Gasteiger partial charge in [0.25, 0.3) is 11.8 Å². The van der Waals surface area contributed by atoms with Gasteiger partial charge in [-0.3, -0.25) is 25.4 Å². The summed E-state index contributed by atoms with van der Waals surface area (Å²) in [7, 11) is 0. The molecule has 0 aliphatic heterocycles. The van der Waals surface area contributed by atoms with Gasteiger partial charge in [-0.25, -0.2) is 0 Å². The molecular formula is C17H24ClN5O2S. The molecule has 1 aromatic heterocycles. The van der Waals surface area contributed by atoms with Gasteiger partial charge in [0.15, 0.2) is 5.11 Å². The van der Waals surface area contributed by atoms with E-state index in [0.29, 0.717) is 28.0 Å². The smallest absolute Gasteiger partial charge is 0.270 e. The van der Waals surface area contributed by atoms with Gasteiger partial charge in [-0.15, -0.1) is 0 Å². The van der Waals surface area contributed by atoms with Crippen LogP contribution in [0.15, 0.2) is 18.3 Å². The predicted molar refractivity (Wildman–Crippen MR) is 105 cm³/mol. The fraction of sp³-hybridized carbons (Fsp3) is 0.529. The Hall–Kier alpha value is -1.93. The minimum atomic E-state index is -0.478. The number of carbonyl (C=O) groups is 2. The summed E-state index contributed by atoms with van der Waals surface area (Å²) in [6, 6.07) is 3.29. The van der Waals surface area contributed by atoms with E-state index in [-0.39, 0.29) is 12.2 Å². The molecule has 1 aliphatic carbocycles. The summed E-state index contributed by atoms with van der Waals surface area (Å²) in [5.41, 5.74) is 5.28. The van der Waals surface area contributed by atoms with Crippen LogP contribution in [-0.4, -0.2) is 34.5 Å². The van der Waals surface area contributed by atoms with Crippen molar-refractivity contribution in [1.82, 2.24) is 26.5 Å². The average Bonchev–Trinajstić information content (AvgIpc) is 2.61. The highest BCUT2D eigenvalue weighted by Gasteiger charge is 2.27. The first-order valence-electron chi connectivity index (χ1n) is 8.62. The fourth-order valence-electron chi connectivity index (χ4n) is 2.94. The van der Waals surface area contributed by atoms with Gasteiger partial charge in [-0.1, -0.05) is 38.3 Å². The van der Waals surface area contributed by atoms with Gasteiger partial charge in [0, 0.05) is 17.3 Å². The highest BCUT2D eigenvalue weighted by atomic mass is 35.5. The molecule has 142 valence electrons. The number of aromatic nitrogens is 1. The van der Waals surface area contributed by atoms with E-state index < -0.39 is 11.8 Å². The van der Waals surface area contributed by atoms with Crippen LogP contribution in [0.2, 0.25) is 5.02 Å². The number of pyridine rings is 1. The molecule has 2 amide bonds. The van der Waals surface area contributed by atoms with Crippen molar-refractivity contribution in [3.8, 4) is 0 Å². The molecule has 1 aromatic rings. The first-order chi connectivity index (χ1) is 12.4.